The molecule has 1 aliphatic carbocycles. The molecular formula is C38H49O22+. The van der Waals surface area contributed by atoms with Crippen LogP contribution in [-0.2, 0) is 28.4 Å². The van der Waals surface area contributed by atoms with Crippen LogP contribution in [0.1, 0.15) is 12.0 Å². The third kappa shape index (κ3) is 9.36. The summed E-state index contributed by atoms with van der Waals surface area (Å²) in [6.07, 6.45) is -22.8. The minimum atomic E-state index is -1.92. The average molecular weight is 858 g/mol. The van der Waals surface area contributed by atoms with Crippen molar-refractivity contribution in [3.63, 3.8) is 0 Å². The molecule has 22 heteroatoms. The molecule has 0 radical (unpaired) electrons. The number of benzene rings is 1. The van der Waals surface area contributed by atoms with E-state index in [1.165, 1.54) is 24.3 Å². The molecule has 3 fully saturated rings. The fourth-order valence-corrected chi connectivity index (χ4v) is 6.95. The predicted octanol–water partition coefficient (Wildman–Crippen LogP) is -3.39. The Kier molecular flexibility index (Phi) is 14.0. The van der Waals surface area contributed by atoms with Gasteiger partial charge in [-0.15, -0.1) is 0 Å². The normalized spacial score (nSPS) is 38.1. The molecule has 5 aliphatic rings. The van der Waals surface area contributed by atoms with Crippen molar-refractivity contribution in [2.24, 2.45) is 0 Å². The smallest absolute Gasteiger partial charge is 0.305 e. The molecule has 0 spiro atoms. The highest BCUT2D eigenvalue weighted by molar-refractivity contribution is 5.69. The Hall–Kier alpha value is -4.50. The molecule has 0 aromatic heterocycles. The molecule has 332 valence electrons. The van der Waals surface area contributed by atoms with E-state index < -0.39 is 135 Å². The van der Waals surface area contributed by atoms with Gasteiger partial charge in [0.25, 0.3) is 0 Å². The standard InChI is InChI=1S/C38H48O22/c1-13(41)5-14(2)53-12-25-28(47)35(60-37-32(51)30(49)27(46)24(11-40)58-37)33(52)38(59-25)54-16-7-18(42)17-9-20(44)34(55-22(17)8-16)15-3-4-21(19(43)6-15)56-36-31(50)29(48)26(45)23(10-39)57-36/h3-4,6-9,22-33,35-52H,1-2,5,10-12H2/p+1/t22?,23-,24-,25-,26-,27-,28-,29+,30+,31-,32-,33-,35+,36-,37+,38-/m1/s1. The molecule has 0 bridgehead atoms. The molecular weight excluding hydrogens is 808 g/mol. The van der Waals surface area contributed by atoms with Crippen LogP contribution in [0.4, 0.5) is 0 Å². The Bertz CT molecular complexity index is 1860. The molecule has 1 aromatic carbocycles. The SMILES string of the molecule is C=C(O)CC(=C)OC[C@H]1O[C@@H](OC2=CC3[OH+]C(c4ccc(O[C@@H]5O[C@H](CO)[C@@H](O)[C@H](O)[C@H]5O)c(O)c4)=C(O)C=C3C(O)=C2)[C@H](O)[C@@H](O[C@@H]2O[C@H](CO)[C@@H](O)[C@H](O)[C@H]2O)[C@@H]1O. The molecule has 0 saturated carbocycles. The monoisotopic (exact) mass is 857 g/mol. The number of phenols is 1. The summed E-state index contributed by atoms with van der Waals surface area (Å²) < 4.78 is 43.8. The first-order valence-electron chi connectivity index (χ1n) is 18.5. The van der Waals surface area contributed by atoms with Crippen molar-refractivity contribution in [1.82, 2.24) is 0 Å². The summed E-state index contributed by atoms with van der Waals surface area (Å²) in [5.41, 5.74) is 0.240. The van der Waals surface area contributed by atoms with Gasteiger partial charge < -0.3 is 109 Å². The predicted molar refractivity (Wildman–Crippen MR) is 197 cm³/mol. The number of fused-ring (bicyclic) bond motifs is 1. The largest absolute Gasteiger partial charge is 0.571 e. The molecule has 60 heavy (non-hydrogen) atoms. The number of aromatic hydroxyl groups is 1. The zero-order chi connectivity index (χ0) is 43.7. The number of allylic oxidation sites excluding steroid dienone is 2. The van der Waals surface area contributed by atoms with E-state index in [9.17, 15) is 71.5 Å². The fraction of sp³-hybridized carbons (Fsp3) is 0.526. The van der Waals surface area contributed by atoms with Gasteiger partial charge in [-0.3, -0.25) is 0 Å². The van der Waals surface area contributed by atoms with Crippen molar-refractivity contribution in [2.45, 2.75) is 105 Å². The first kappa shape index (κ1) is 45.0. The summed E-state index contributed by atoms with van der Waals surface area (Å²) in [6.45, 7) is 5.04. The summed E-state index contributed by atoms with van der Waals surface area (Å²) in [4.78, 5) is 0. The van der Waals surface area contributed by atoms with Crippen LogP contribution in [0.3, 0.4) is 0 Å². The number of ether oxygens (including phenoxy) is 8. The Morgan fingerprint density at radius 3 is 1.92 bits per heavy atom. The van der Waals surface area contributed by atoms with Gasteiger partial charge in [-0.1, -0.05) is 13.2 Å². The Morgan fingerprint density at radius 2 is 1.30 bits per heavy atom. The maximum atomic E-state index is 11.4. The third-order valence-electron chi connectivity index (χ3n) is 10.2. The lowest BCUT2D eigenvalue weighted by molar-refractivity contribution is -0.357. The highest BCUT2D eigenvalue weighted by Crippen LogP contribution is 2.39. The molecule has 4 heterocycles. The number of aliphatic hydroxyl groups excluding tert-OH is 13. The number of hydrogen-bond acceptors (Lipinski definition) is 21. The van der Waals surface area contributed by atoms with Gasteiger partial charge in [0.2, 0.25) is 24.4 Å². The second-order valence-electron chi connectivity index (χ2n) is 14.5. The van der Waals surface area contributed by atoms with Crippen LogP contribution in [0.15, 0.2) is 84.0 Å². The second kappa shape index (κ2) is 18.6. The molecule has 0 amide bonds. The zero-order valence-electron chi connectivity index (χ0n) is 31.5. The van der Waals surface area contributed by atoms with Gasteiger partial charge in [0.1, 0.15) is 91.4 Å². The van der Waals surface area contributed by atoms with Gasteiger partial charge in [0.15, 0.2) is 17.8 Å². The molecule has 1 aromatic rings. The summed E-state index contributed by atoms with van der Waals surface area (Å²) in [6, 6.07) is 3.75. The molecule has 1 unspecified atom stereocenters. The van der Waals surface area contributed by atoms with Gasteiger partial charge in [-0.2, -0.15) is 0 Å². The van der Waals surface area contributed by atoms with Crippen molar-refractivity contribution >= 4 is 5.76 Å². The minimum Gasteiger partial charge on any atom is -0.571 e. The van der Waals surface area contributed by atoms with E-state index in [1.54, 1.807) is 0 Å². The zero-order valence-corrected chi connectivity index (χ0v) is 31.5. The van der Waals surface area contributed by atoms with Gasteiger partial charge in [-0.25, -0.2) is 0 Å². The van der Waals surface area contributed by atoms with E-state index in [0.29, 0.717) is 0 Å². The molecule has 3 saturated heterocycles. The Labute approximate surface area is 340 Å². The highest BCUT2D eigenvalue weighted by Gasteiger charge is 2.52. The Morgan fingerprint density at radius 1 is 0.700 bits per heavy atom. The summed E-state index contributed by atoms with van der Waals surface area (Å²) in [5.74, 6) is -2.14. The number of hydrogen-bond donors (Lipinski definition) is 14. The van der Waals surface area contributed by atoms with Gasteiger partial charge >= 0.3 is 5.76 Å². The van der Waals surface area contributed by atoms with Crippen LogP contribution in [0, 0.1) is 0 Å². The first-order valence-corrected chi connectivity index (χ1v) is 18.5. The lowest BCUT2D eigenvalue weighted by Crippen LogP contribution is -2.64. The van der Waals surface area contributed by atoms with E-state index in [-0.39, 0.29) is 46.3 Å². The van der Waals surface area contributed by atoms with Crippen molar-refractivity contribution in [1.29, 1.82) is 0 Å². The van der Waals surface area contributed by atoms with Crippen LogP contribution in [0.2, 0.25) is 0 Å². The summed E-state index contributed by atoms with van der Waals surface area (Å²) in [7, 11) is 0. The first-order chi connectivity index (χ1) is 28.4. The fourth-order valence-electron chi connectivity index (χ4n) is 6.95. The van der Waals surface area contributed by atoms with Crippen LogP contribution < -0.4 is 4.74 Å². The van der Waals surface area contributed by atoms with Crippen LogP contribution in [-0.4, -0.2) is 194 Å². The van der Waals surface area contributed by atoms with Crippen LogP contribution in [0.5, 0.6) is 11.5 Å². The number of rotatable bonds is 14. The van der Waals surface area contributed by atoms with E-state index in [1.807, 2.05) is 0 Å². The lowest BCUT2D eigenvalue weighted by atomic mass is 9.96. The van der Waals surface area contributed by atoms with Crippen molar-refractivity contribution < 1.29 is 109 Å². The summed E-state index contributed by atoms with van der Waals surface area (Å²) >= 11 is 0. The van der Waals surface area contributed by atoms with Gasteiger partial charge in [-0.05, 0) is 12.1 Å². The van der Waals surface area contributed by atoms with Crippen molar-refractivity contribution in [3.05, 3.63) is 89.5 Å². The minimum absolute atomic E-state index is 0.0192. The average Bonchev–Trinajstić information content (AvgIpc) is 3.20. The van der Waals surface area contributed by atoms with E-state index in [0.717, 1.165) is 12.1 Å². The molecule has 6 rings (SSSR count). The molecule has 16 atom stereocenters. The molecule has 15 N–H and O–H groups in total. The topological polar surface area (TPSA) is 361 Å². The van der Waals surface area contributed by atoms with E-state index in [2.05, 4.69) is 17.9 Å². The Balaban J connectivity index is 1.20. The maximum absolute atomic E-state index is 11.4. The van der Waals surface area contributed by atoms with Crippen molar-refractivity contribution in [3.8, 4) is 11.5 Å². The van der Waals surface area contributed by atoms with E-state index in [4.69, 9.17) is 33.2 Å². The van der Waals surface area contributed by atoms with Crippen molar-refractivity contribution in [2.75, 3.05) is 19.8 Å². The quantitative estimate of drug-likeness (QED) is 0.0641. The van der Waals surface area contributed by atoms with Crippen LogP contribution >= 0.6 is 0 Å². The van der Waals surface area contributed by atoms with Crippen LogP contribution in [0.25, 0.3) is 5.76 Å². The molecule has 22 nitrogen and oxygen atoms in total. The van der Waals surface area contributed by atoms with Gasteiger partial charge in [0.05, 0.1) is 48.4 Å². The lowest BCUT2D eigenvalue weighted by Gasteiger charge is -2.46. The number of phenolic OH excluding ortho intramolecular Hbond substituents is 1. The maximum Gasteiger partial charge on any atom is 0.305 e. The van der Waals surface area contributed by atoms with E-state index >= 15 is 0 Å². The summed E-state index contributed by atoms with van der Waals surface area (Å²) in [5, 5.41) is 146. The molecule has 4 aliphatic heterocycles. The highest BCUT2D eigenvalue weighted by atomic mass is 16.7. The van der Waals surface area contributed by atoms with Gasteiger partial charge in [0, 0.05) is 18.2 Å². The third-order valence-corrected chi connectivity index (χ3v) is 10.2. The number of aliphatic hydroxyl groups is 15. The second-order valence-corrected chi connectivity index (χ2v) is 14.5.